The molecule has 216 valence electrons. The lowest BCUT2D eigenvalue weighted by atomic mass is 10.3. The number of hydrogen-bond acceptors (Lipinski definition) is 11. The monoisotopic (exact) mass is 583 g/mol. The predicted molar refractivity (Wildman–Crippen MR) is 144 cm³/mol. The summed E-state index contributed by atoms with van der Waals surface area (Å²) in [6, 6.07) is 1.29. The molecule has 3 aliphatic heterocycles. The molecule has 4 unspecified atom stereocenters. The minimum Gasteiger partial charge on any atom is -0.412 e. The third-order valence-electron chi connectivity index (χ3n) is 6.42. The molecular formula is C22H45NO11Si3. The van der Waals surface area contributed by atoms with E-state index in [-0.39, 0.29) is 11.6 Å². The van der Waals surface area contributed by atoms with Crippen molar-refractivity contribution in [2.75, 3.05) is 67.4 Å². The van der Waals surface area contributed by atoms with Crippen LogP contribution in [0.3, 0.4) is 0 Å². The van der Waals surface area contributed by atoms with Gasteiger partial charge in [-0.2, -0.15) is 0 Å². The maximum Gasteiger partial charge on any atom is 0.531 e. The van der Waals surface area contributed by atoms with Gasteiger partial charge >= 0.3 is 17.6 Å². The molecule has 2 N–H and O–H groups in total. The van der Waals surface area contributed by atoms with Crippen LogP contribution in [-0.2, 0) is 45.6 Å². The van der Waals surface area contributed by atoms with Crippen LogP contribution in [0.1, 0.15) is 19.3 Å². The minimum atomic E-state index is -3.16. The van der Waals surface area contributed by atoms with Gasteiger partial charge in [-0.15, -0.1) is 0 Å². The molecule has 12 nitrogen and oxygen atoms in total. The van der Waals surface area contributed by atoms with Crippen molar-refractivity contribution in [2.24, 2.45) is 0 Å². The molecule has 0 aromatic carbocycles. The molecule has 0 aliphatic carbocycles. The van der Waals surface area contributed by atoms with Gasteiger partial charge in [-0.25, -0.2) is 0 Å². The lowest BCUT2D eigenvalue weighted by Gasteiger charge is -2.43. The molecule has 3 aliphatic rings. The summed E-state index contributed by atoms with van der Waals surface area (Å²) in [5.41, 5.74) is 1.65. The Morgan fingerprint density at radius 3 is 2.32 bits per heavy atom. The van der Waals surface area contributed by atoms with Crippen molar-refractivity contribution in [1.29, 1.82) is 0 Å². The molecule has 3 rings (SSSR count). The van der Waals surface area contributed by atoms with Crippen LogP contribution in [0.15, 0.2) is 12.3 Å². The summed E-state index contributed by atoms with van der Waals surface area (Å²) in [6.45, 7) is 9.59. The number of rotatable bonds is 18. The first-order valence-corrected chi connectivity index (χ1v) is 19.0. The van der Waals surface area contributed by atoms with E-state index >= 15 is 0 Å². The molecule has 0 aromatic heterocycles. The highest BCUT2D eigenvalue weighted by Crippen LogP contribution is 2.24. The Balaban J connectivity index is 0.00000684. The maximum atomic E-state index is 11.1. The van der Waals surface area contributed by atoms with Gasteiger partial charge in [0, 0.05) is 60.2 Å². The fraction of sp³-hybridized carbons (Fsp3) is 0.818. The van der Waals surface area contributed by atoms with E-state index in [1.807, 2.05) is 0 Å². The van der Waals surface area contributed by atoms with Gasteiger partial charge in [-0.05, 0) is 24.6 Å². The quantitative estimate of drug-likeness (QED) is 0.127. The average Bonchev–Trinajstić information content (AvgIpc) is 2.87. The topological polar surface area (TPSA) is 143 Å². The number of carbonyl (C=O) groups is 2. The van der Waals surface area contributed by atoms with E-state index in [1.54, 1.807) is 33.6 Å². The third kappa shape index (κ3) is 10.8. The molecule has 0 amide bonds. The summed E-state index contributed by atoms with van der Waals surface area (Å²) in [4.78, 5) is 24.5. The summed E-state index contributed by atoms with van der Waals surface area (Å²) in [6.07, 6.45) is 1.51. The summed E-state index contributed by atoms with van der Waals surface area (Å²) in [5.74, 6) is 1.69. The number of nitrogens with zero attached hydrogens (tertiary/aromatic N) is 1. The highest BCUT2D eigenvalue weighted by Gasteiger charge is 2.47. The number of ether oxygens (including phenoxy) is 2. The van der Waals surface area contributed by atoms with Crippen LogP contribution >= 0.6 is 0 Å². The molecule has 0 spiro atoms. The first kappa shape index (κ1) is 34.4. The van der Waals surface area contributed by atoms with Crippen molar-refractivity contribution in [3.05, 3.63) is 12.3 Å². The Hall–Kier alpha value is -0.669. The largest absolute Gasteiger partial charge is 0.531 e. The number of fused-ring (bicyclic) bond motifs is 6. The van der Waals surface area contributed by atoms with Gasteiger partial charge in [0.1, 0.15) is 11.8 Å². The lowest BCUT2D eigenvalue weighted by molar-refractivity contribution is -0.165. The zero-order chi connectivity index (χ0) is 26.5. The first-order valence-electron chi connectivity index (χ1n) is 12.4. The van der Waals surface area contributed by atoms with Crippen LogP contribution in [0.2, 0.25) is 18.6 Å². The van der Waals surface area contributed by atoms with E-state index in [1.165, 1.54) is 0 Å². The normalized spacial score (nSPS) is 26.4. The molecule has 0 aromatic rings. The van der Waals surface area contributed by atoms with Crippen molar-refractivity contribution in [3.8, 4) is 0 Å². The molecule has 4 atom stereocenters. The van der Waals surface area contributed by atoms with Crippen molar-refractivity contribution >= 4 is 37.5 Å². The highest BCUT2D eigenvalue weighted by molar-refractivity contribution is 7.17. The molecule has 3 saturated heterocycles. The fourth-order valence-corrected chi connectivity index (χ4v) is 9.10. The van der Waals surface area contributed by atoms with E-state index in [9.17, 15) is 9.59 Å². The van der Waals surface area contributed by atoms with Crippen LogP contribution in [0.4, 0.5) is 0 Å². The molecule has 15 heteroatoms. The van der Waals surface area contributed by atoms with Crippen molar-refractivity contribution in [1.82, 2.24) is 4.90 Å². The zero-order valence-electron chi connectivity index (χ0n) is 22.6. The predicted octanol–water partition coefficient (Wildman–Crippen LogP) is 0.604. The Morgan fingerprint density at radius 2 is 1.70 bits per heavy atom. The second kappa shape index (κ2) is 17.1. The lowest BCUT2D eigenvalue weighted by Crippen LogP contribution is -2.60. The van der Waals surface area contributed by atoms with Gasteiger partial charge in [0.05, 0.1) is 19.3 Å². The van der Waals surface area contributed by atoms with Crippen LogP contribution in [-0.4, -0.2) is 128 Å². The van der Waals surface area contributed by atoms with Gasteiger partial charge in [-0.3, -0.25) is 4.90 Å². The molecule has 0 saturated carbocycles. The first-order chi connectivity index (χ1) is 17.3. The van der Waals surface area contributed by atoms with Crippen LogP contribution in [0, 0.1) is 0 Å². The number of hydrogen-bond donors (Lipinski definition) is 0. The SMILES string of the molecule is C=C[Si]12OCCN(CC(COCCC[Si](OC)(OC)OC)O1)CC(OCCCC[Si](C)(C=O)C=O)O2.O. The highest BCUT2D eigenvalue weighted by atomic mass is 28.4. The molecule has 2 bridgehead atoms. The van der Waals surface area contributed by atoms with Crippen molar-refractivity contribution in [2.45, 2.75) is 50.3 Å². The van der Waals surface area contributed by atoms with Crippen LogP contribution < -0.4 is 0 Å². The van der Waals surface area contributed by atoms with E-state index in [4.69, 9.17) is 36.0 Å². The summed E-state index contributed by atoms with van der Waals surface area (Å²) >= 11 is 0. The van der Waals surface area contributed by atoms with Crippen LogP contribution in [0.5, 0.6) is 0 Å². The fourth-order valence-electron chi connectivity index (χ4n) is 4.12. The van der Waals surface area contributed by atoms with E-state index in [0.717, 1.165) is 37.6 Å². The van der Waals surface area contributed by atoms with E-state index < -0.39 is 32.0 Å². The molecule has 3 fully saturated rings. The maximum absolute atomic E-state index is 11.1. The number of unbranched alkanes of at least 4 members (excludes halogenated alkanes) is 1. The summed E-state index contributed by atoms with van der Waals surface area (Å²) < 4.78 is 46.9. The smallest absolute Gasteiger partial charge is 0.412 e. The van der Waals surface area contributed by atoms with Gasteiger partial charge in [0.15, 0.2) is 14.4 Å². The molecule has 3 heterocycles. The summed E-state index contributed by atoms with van der Waals surface area (Å²) in [5, 5.41) is 0. The Kier molecular flexibility index (Phi) is 15.9. The standard InChI is InChI=1S/C22H43NO10Si3.H2O/c1-6-35-31-13-10-23(17-22(33-35)30-12-7-8-14-34(5,19-24)20-25)16-21(32-35)18-29-11-9-15-36(26-2,27-3)28-4;/h6,19-22H,1,7-18H2,2-5H3;1H2. The van der Waals surface area contributed by atoms with Gasteiger partial charge in [-0.1, -0.05) is 19.5 Å². The minimum absolute atomic E-state index is 0. The number of carbonyl (C=O) groups excluding carboxylic acids is 2. The molecule has 0 radical (unpaired) electrons. The van der Waals surface area contributed by atoms with Crippen molar-refractivity contribution < 1.29 is 51.1 Å². The van der Waals surface area contributed by atoms with Gasteiger partial charge in [0.2, 0.25) is 0 Å². The Morgan fingerprint density at radius 1 is 1.00 bits per heavy atom. The van der Waals surface area contributed by atoms with Crippen molar-refractivity contribution in [3.63, 3.8) is 0 Å². The second-order valence-electron chi connectivity index (χ2n) is 9.25. The van der Waals surface area contributed by atoms with E-state index in [2.05, 4.69) is 11.5 Å². The third-order valence-corrected chi connectivity index (χ3v) is 14.1. The van der Waals surface area contributed by atoms with Crippen LogP contribution in [0.25, 0.3) is 0 Å². The van der Waals surface area contributed by atoms with Gasteiger partial charge < -0.3 is 51.1 Å². The molecule has 37 heavy (non-hydrogen) atoms. The Labute approximate surface area is 223 Å². The van der Waals surface area contributed by atoms with Gasteiger partial charge in [0.25, 0.3) is 0 Å². The summed E-state index contributed by atoms with van der Waals surface area (Å²) in [7, 11) is -3.37. The average molecular weight is 584 g/mol. The Bertz CT molecular complexity index is 672. The molecular weight excluding hydrogens is 538 g/mol. The van der Waals surface area contributed by atoms with E-state index in [0.29, 0.717) is 51.6 Å². The zero-order valence-corrected chi connectivity index (χ0v) is 25.6. The second-order valence-corrected chi connectivity index (χ2v) is 18.7.